The lowest BCUT2D eigenvalue weighted by molar-refractivity contribution is 0.102. The predicted molar refractivity (Wildman–Crippen MR) is 97.2 cm³/mol. The van der Waals surface area contributed by atoms with Gasteiger partial charge in [0.15, 0.2) is 0 Å². The van der Waals surface area contributed by atoms with Crippen molar-refractivity contribution in [1.82, 2.24) is 30.0 Å². The number of anilines is 1. The van der Waals surface area contributed by atoms with Crippen LogP contribution in [0.5, 0.6) is 5.75 Å². The van der Waals surface area contributed by atoms with E-state index in [0.717, 1.165) is 0 Å². The minimum absolute atomic E-state index is 0.267. The van der Waals surface area contributed by atoms with Gasteiger partial charge in [-0.25, -0.2) is 9.36 Å². The molecule has 134 valence electrons. The minimum Gasteiger partial charge on any atom is -0.497 e. The standard InChI is InChI=1S/C18H15N7O2/c1-27-15-10-13(9-14(11-15)25-12-19-22-23-25)21-18(26)16-5-2-3-6-17(16)24-8-4-7-20-24/h2-12H,1H3,(H,21,26). The first-order chi connectivity index (χ1) is 13.2. The summed E-state index contributed by atoms with van der Waals surface area (Å²) < 4.78 is 8.44. The highest BCUT2D eigenvalue weighted by Gasteiger charge is 2.14. The normalized spacial score (nSPS) is 10.6. The lowest BCUT2D eigenvalue weighted by Crippen LogP contribution is -2.15. The number of methoxy groups -OCH3 is 1. The average molecular weight is 361 g/mol. The maximum absolute atomic E-state index is 12.9. The molecule has 9 nitrogen and oxygen atoms in total. The zero-order valence-electron chi connectivity index (χ0n) is 14.4. The van der Waals surface area contributed by atoms with Crippen molar-refractivity contribution in [3.63, 3.8) is 0 Å². The van der Waals surface area contributed by atoms with Crippen LogP contribution in [0.3, 0.4) is 0 Å². The Bertz CT molecular complexity index is 1060. The fraction of sp³-hybridized carbons (Fsp3) is 0.0556. The number of amides is 1. The number of carbonyl (C=O) groups is 1. The molecule has 0 aliphatic carbocycles. The lowest BCUT2D eigenvalue weighted by atomic mass is 10.1. The van der Waals surface area contributed by atoms with Crippen molar-refractivity contribution in [1.29, 1.82) is 0 Å². The van der Waals surface area contributed by atoms with Crippen molar-refractivity contribution in [2.75, 3.05) is 12.4 Å². The minimum atomic E-state index is -0.267. The molecule has 2 heterocycles. The topological polar surface area (TPSA) is 99.8 Å². The second kappa shape index (κ2) is 7.08. The Morgan fingerprint density at radius 3 is 2.74 bits per heavy atom. The third-order valence-corrected chi connectivity index (χ3v) is 3.90. The predicted octanol–water partition coefficient (Wildman–Crippen LogP) is 2.11. The number of tetrazole rings is 1. The molecular weight excluding hydrogens is 346 g/mol. The van der Waals surface area contributed by atoms with E-state index in [1.54, 1.807) is 60.6 Å². The second-order valence-corrected chi connectivity index (χ2v) is 5.60. The van der Waals surface area contributed by atoms with Gasteiger partial charge in [0.2, 0.25) is 0 Å². The van der Waals surface area contributed by atoms with Gasteiger partial charge in [-0.1, -0.05) is 12.1 Å². The number of carbonyl (C=O) groups excluding carboxylic acids is 1. The Morgan fingerprint density at radius 2 is 2.00 bits per heavy atom. The first kappa shape index (κ1) is 16.5. The van der Waals surface area contributed by atoms with Gasteiger partial charge in [0.05, 0.1) is 24.0 Å². The molecule has 0 radical (unpaired) electrons. The van der Waals surface area contributed by atoms with E-state index >= 15 is 0 Å². The molecule has 1 N–H and O–H groups in total. The number of rotatable bonds is 5. The van der Waals surface area contributed by atoms with Crippen LogP contribution in [0.25, 0.3) is 11.4 Å². The number of para-hydroxylation sites is 1. The van der Waals surface area contributed by atoms with Gasteiger partial charge in [-0.2, -0.15) is 5.10 Å². The van der Waals surface area contributed by atoms with Crippen LogP contribution in [0.4, 0.5) is 5.69 Å². The van der Waals surface area contributed by atoms with Crippen LogP contribution in [0.15, 0.2) is 67.3 Å². The van der Waals surface area contributed by atoms with E-state index in [-0.39, 0.29) is 5.91 Å². The van der Waals surface area contributed by atoms with Gasteiger partial charge < -0.3 is 10.1 Å². The molecule has 4 rings (SSSR count). The van der Waals surface area contributed by atoms with E-state index in [0.29, 0.717) is 28.4 Å². The van der Waals surface area contributed by atoms with E-state index in [1.807, 2.05) is 12.1 Å². The number of aromatic nitrogens is 6. The van der Waals surface area contributed by atoms with Crippen molar-refractivity contribution in [2.24, 2.45) is 0 Å². The maximum Gasteiger partial charge on any atom is 0.257 e. The molecule has 0 aliphatic rings. The summed E-state index contributed by atoms with van der Waals surface area (Å²) in [6.45, 7) is 0. The maximum atomic E-state index is 12.9. The summed E-state index contributed by atoms with van der Waals surface area (Å²) in [4.78, 5) is 12.9. The summed E-state index contributed by atoms with van der Waals surface area (Å²) in [7, 11) is 1.55. The fourth-order valence-electron chi connectivity index (χ4n) is 2.66. The smallest absolute Gasteiger partial charge is 0.257 e. The number of nitrogens with one attached hydrogen (secondary N) is 1. The summed E-state index contributed by atoms with van der Waals surface area (Å²) in [6, 6.07) is 14.3. The van der Waals surface area contributed by atoms with Crippen LogP contribution in [-0.2, 0) is 0 Å². The highest BCUT2D eigenvalue weighted by Crippen LogP contribution is 2.24. The molecule has 1 amide bonds. The van der Waals surface area contributed by atoms with Crippen LogP contribution in [0, 0.1) is 0 Å². The molecule has 0 saturated heterocycles. The monoisotopic (exact) mass is 361 g/mol. The third kappa shape index (κ3) is 3.38. The molecule has 0 fully saturated rings. The first-order valence-corrected chi connectivity index (χ1v) is 8.07. The van der Waals surface area contributed by atoms with Gasteiger partial charge in [-0.05, 0) is 34.7 Å². The Hall–Kier alpha value is -4.01. The van der Waals surface area contributed by atoms with Gasteiger partial charge in [-0.3, -0.25) is 4.79 Å². The molecule has 0 saturated carbocycles. The fourth-order valence-corrected chi connectivity index (χ4v) is 2.66. The molecule has 2 aromatic heterocycles. The summed E-state index contributed by atoms with van der Waals surface area (Å²) in [5.74, 6) is 0.302. The molecule has 0 aliphatic heterocycles. The summed E-state index contributed by atoms with van der Waals surface area (Å²) >= 11 is 0. The van der Waals surface area contributed by atoms with Crippen molar-refractivity contribution < 1.29 is 9.53 Å². The van der Waals surface area contributed by atoms with Crippen molar-refractivity contribution in [2.45, 2.75) is 0 Å². The molecule has 9 heteroatoms. The van der Waals surface area contributed by atoms with E-state index in [2.05, 4.69) is 25.9 Å². The molecule has 2 aromatic carbocycles. The van der Waals surface area contributed by atoms with Crippen molar-refractivity contribution >= 4 is 11.6 Å². The van der Waals surface area contributed by atoms with Crippen LogP contribution in [0.2, 0.25) is 0 Å². The van der Waals surface area contributed by atoms with Crippen LogP contribution in [0.1, 0.15) is 10.4 Å². The third-order valence-electron chi connectivity index (χ3n) is 3.90. The van der Waals surface area contributed by atoms with Crippen LogP contribution < -0.4 is 10.1 Å². The van der Waals surface area contributed by atoms with Crippen molar-refractivity contribution in [3.8, 4) is 17.1 Å². The van der Waals surface area contributed by atoms with Gasteiger partial charge in [-0.15, -0.1) is 5.10 Å². The van der Waals surface area contributed by atoms with Gasteiger partial charge >= 0.3 is 0 Å². The Balaban J connectivity index is 1.67. The van der Waals surface area contributed by atoms with Crippen molar-refractivity contribution in [3.05, 3.63) is 72.8 Å². The second-order valence-electron chi connectivity index (χ2n) is 5.60. The van der Waals surface area contributed by atoms with E-state index < -0.39 is 0 Å². The van der Waals surface area contributed by atoms with Gasteiger partial charge in [0, 0.05) is 30.2 Å². The Morgan fingerprint density at radius 1 is 1.11 bits per heavy atom. The molecule has 0 atom stereocenters. The molecule has 0 spiro atoms. The number of hydrogen-bond donors (Lipinski definition) is 1. The molecular formula is C18H15N7O2. The van der Waals surface area contributed by atoms with Crippen LogP contribution in [-0.4, -0.2) is 43.0 Å². The van der Waals surface area contributed by atoms with Crippen LogP contribution >= 0.6 is 0 Å². The number of ether oxygens (including phenoxy) is 1. The lowest BCUT2D eigenvalue weighted by Gasteiger charge is -2.12. The molecule has 0 bridgehead atoms. The zero-order valence-corrected chi connectivity index (χ0v) is 14.4. The highest BCUT2D eigenvalue weighted by molar-refractivity contribution is 6.07. The Labute approximate surface area is 154 Å². The van der Waals surface area contributed by atoms with E-state index in [1.165, 1.54) is 11.0 Å². The highest BCUT2D eigenvalue weighted by atomic mass is 16.5. The van der Waals surface area contributed by atoms with E-state index in [4.69, 9.17) is 4.74 Å². The zero-order chi connectivity index (χ0) is 18.6. The summed E-state index contributed by atoms with van der Waals surface area (Å²) in [5.41, 5.74) is 2.40. The summed E-state index contributed by atoms with van der Waals surface area (Å²) in [5, 5.41) is 18.2. The first-order valence-electron chi connectivity index (χ1n) is 8.07. The number of hydrogen-bond acceptors (Lipinski definition) is 6. The quantitative estimate of drug-likeness (QED) is 0.584. The molecule has 4 aromatic rings. The summed E-state index contributed by atoms with van der Waals surface area (Å²) in [6.07, 6.45) is 4.91. The van der Waals surface area contributed by atoms with E-state index in [9.17, 15) is 4.79 Å². The number of nitrogens with zero attached hydrogens (tertiary/aromatic N) is 6. The molecule has 0 unspecified atom stereocenters. The van der Waals surface area contributed by atoms with Gasteiger partial charge in [0.25, 0.3) is 5.91 Å². The average Bonchev–Trinajstić information content (AvgIpc) is 3.41. The Kier molecular flexibility index (Phi) is 4.32. The van der Waals surface area contributed by atoms with Gasteiger partial charge in [0.1, 0.15) is 12.1 Å². The number of benzene rings is 2. The largest absolute Gasteiger partial charge is 0.497 e. The SMILES string of the molecule is COc1cc(NC(=O)c2ccccc2-n2cccn2)cc(-n2cnnn2)c1. The molecule has 27 heavy (non-hydrogen) atoms.